The van der Waals surface area contributed by atoms with Gasteiger partial charge in [-0.15, -0.1) is 0 Å². The minimum absolute atomic E-state index is 0.0472. The smallest absolute Gasteiger partial charge is 0.241 e. The Morgan fingerprint density at radius 1 is 1.08 bits per heavy atom. The molecule has 0 saturated carbocycles. The molecule has 1 saturated heterocycles. The molecule has 2 atom stereocenters. The Bertz CT molecular complexity index is 670. The number of carbonyl (C=O) groups excluding carboxylic acids is 1. The van der Waals surface area contributed by atoms with Gasteiger partial charge in [-0.05, 0) is 68.8 Å². The molecule has 2 aromatic rings. The highest BCUT2D eigenvalue weighted by atomic mass is 16.5. The summed E-state index contributed by atoms with van der Waals surface area (Å²) in [4.78, 5) is 14.7. The lowest BCUT2D eigenvalue weighted by Gasteiger charge is -2.34. The number of likely N-dealkylation sites (tertiary alicyclic amines) is 1. The Kier molecular flexibility index (Phi) is 5.16. The molecule has 0 bridgehead atoms. The van der Waals surface area contributed by atoms with Crippen LogP contribution in [0.1, 0.15) is 19.8 Å². The summed E-state index contributed by atoms with van der Waals surface area (Å²) in [6.07, 6.45) is 2.07. The van der Waals surface area contributed by atoms with Crippen molar-refractivity contribution in [3.8, 4) is 11.5 Å². The summed E-state index contributed by atoms with van der Waals surface area (Å²) in [5.41, 5.74) is 0.798. The summed E-state index contributed by atoms with van der Waals surface area (Å²) in [5.74, 6) is 2.22. The summed E-state index contributed by atoms with van der Waals surface area (Å²) < 4.78 is 5.76. The Labute approximate surface area is 143 Å². The highest BCUT2D eigenvalue weighted by Crippen LogP contribution is 2.24. The molecular weight excluding hydrogens is 300 g/mol. The SMILES string of the molecule is CC1CCN(C)C(C(=O)Nc2ccc(Oc3ccccc3)cc2)C1. The van der Waals surface area contributed by atoms with Gasteiger partial charge in [0.1, 0.15) is 11.5 Å². The maximum atomic E-state index is 12.5. The van der Waals surface area contributed by atoms with Gasteiger partial charge < -0.3 is 10.1 Å². The highest BCUT2D eigenvalue weighted by molar-refractivity contribution is 5.94. The molecule has 4 nitrogen and oxygen atoms in total. The zero-order valence-corrected chi connectivity index (χ0v) is 14.2. The van der Waals surface area contributed by atoms with E-state index < -0.39 is 0 Å². The second kappa shape index (κ2) is 7.49. The van der Waals surface area contributed by atoms with Gasteiger partial charge in [-0.1, -0.05) is 25.1 Å². The number of nitrogens with one attached hydrogen (secondary N) is 1. The minimum Gasteiger partial charge on any atom is -0.457 e. The molecular formula is C20H24N2O2. The first kappa shape index (κ1) is 16.5. The maximum Gasteiger partial charge on any atom is 0.241 e. The predicted octanol–water partition coefficient (Wildman–Crippen LogP) is 4.15. The van der Waals surface area contributed by atoms with E-state index in [-0.39, 0.29) is 11.9 Å². The number of para-hydroxylation sites is 1. The molecule has 1 aliphatic heterocycles. The molecule has 0 aromatic heterocycles. The molecule has 1 N–H and O–H groups in total. The van der Waals surface area contributed by atoms with Crippen LogP contribution >= 0.6 is 0 Å². The average molecular weight is 324 g/mol. The molecule has 0 radical (unpaired) electrons. The van der Waals surface area contributed by atoms with Gasteiger partial charge in [0.25, 0.3) is 0 Å². The number of piperidine rings is 1. The first-order valence-corrected chi connectivity index (χ1v) is 8.46. The van der Waals surface area contributed by atoms with E-state index in [4.69, 9.17) is 4.74 Å². The zero-order valence-electron chi connectivity index (χ0n) is 14.2. The van der Waals surface area contributed by atoms with Crippen LogP contribution in [0.15, 0.2) is 54.6 Å². The van der Waals surface area contributed by atoms with Crippen molar-refractivity contribution in [2.24, 2.45) is 5.92 Å². The van der Waals surface area contributed by atoms with Crippen LogP contribution in [0.5, 0.6) is 11.5 Å². The summed E-state index contributed by atoms with van der Waals surface area (Å²) in [7, 11) is 2.02. The van der Waals surface area contributed by atoms with Crippen LogP contribution in [-0.4, -0.2) is 30.4 Å². The number of rotatable bonds is 4. The first-order chi connectivity index (χ1) is 11.6. The lowest BCUT2D eigenvalue weighted by atomic mass is 9.92. The second-order valence-corrected chi connectivity index (χ2v) is 6.55. The van der Waals surface area contributed by atoms with Crippen molar-refractivity contribution in [2.75, 3.05) is 18.9 Å². The molecule has 2 unspecified atom stereocenters. The molecule has 1 fully saturated rings. The average Bonchev–Trinajstić information content (AvgIpc) is 2.59. The van der Waals surface area contributed by atoms with Crippen molar-refractivity contribution in [1.29, 1.82) is 0 Å². The van der Waals surface area contributed by atoms with Crippen molar-refractivity contribution >= 4 is 11.6 Å². The fourth-order valence-electron chi connectivity index (χ4n) is 3.02. The zero-order chi connectivity index (χ0) is 16.9. The van der Waals surface area contributed by atoms with E-state index in [2.05, 4.69) is 17.1 Å². The van der Waals surface area contributed by atoms with E-state index >= 15 is 0 Å². The fraction of sp³-hybridized carbons (Fsp3) is 0.350. The van der Waals surface area contributed by atoms with Gasteiger partial charge in [-0.25, -0.2) is 0 Å². The van der Waals surface area contributed by atoms with Gasteiger partial charge in [-0.2, -0.15) is 0 Å². The number of likely N-dealkylation sites (N-methyl/N-ethyl adjacent to an activating group) is 1. The Balaban J connectivity index is 1.60. The molecule has 0 aliphatic carbocycles. The molecule has 1 aliphatic rings. The summed E-state index contributed by atoms with van der Waals surface area (Å²) in [6, 6.07) is 17.1. The van der Waals surface area contributed by atoms with E-state index in [1.807, 2.05) is 61.6 Å². The second-order valence-electron chi connectivity index (χ2n) is 6.55. The number of anilines is 1. The number of hydrogen-bond acceptors (Lipinski definition) is 3. The standard InChI is InChI=1S/C20H24N2O2/c1-15-12-13-22(2)19(14-15)20(23)21-16-8-10-18(11-9-16)24-17-6-4-3-5-7-17/h3-11,15,19H,12-14H2,1-2H3,(H,21,23). The molecule has 0 spiro atoms. The van der Waals surface area contributed by atoms with Crippen LogP contribution < -0.4 is 10.1 Å². The highest BCUT2D eigenvalue weighted by Gasteiger charge is 2.29. The molecule has 1 heterocycles. The largest absolute Gasteiger partial charge is 0.457 e. The topological polar surface area (TPSA) is 41.6 Å². The molecule has 4 heteroatoms. The summed E-state index contributed by atoms with van der Waals surface area (Å²) in [5, 5.41) is 3.02. The third-order valence-electron chi connectivity index (χ3n) is 4.54. The third kappa shape index (κ3) is 4.15. The Morgan fingerprint density at radius 3 is 2.46 bits per heavy atom. The lowest BCUT2D eigenvalue weighted by Crippen LogP contribution is -2.46. The van der Waals surface area contributed by atoms with Crippen LogP contribution in [0, 0.1) is 5.92 Å². The number of hydrogen-bond donors (Lipinski definition) is 1. The van der Waals surface area contributed by atoms with Crippen molar-refractivity contribution in [3.05, 3.63) is 54.6 Å². The van der Waals surface area contributed by atoms with Crippen molar-refractivity contribution < 1.29 is 9.53 Å². The van der Waals surface area contributed by atoms with Crippen LogP contribution in [0.25, 0.3) is 0 Å². The number of amides is 1. The van der Waals surface area contributed by atoms with Crippen molar-refractivity contribution in [3.63, 3.8) is 0 Å². The van der Waals surface area contributed by atoms with Gasteiger partial charge in [0, 0.05) is 5.69 Å². The molecule has 24 heavy (non-hydrogen) atoms. The normalized spacial score (nSPS) is 21.2. The van der Waals surface area contributed by atoms with Gasteiger partial charge in [0.15, 0.2) is 0 Å². The van der Waals surface area contributed by atoms with Crippen LogP contribution in [-0.2, 0) is 4.79 Å². The summed E-state index contributed by atoms with van der Waals surface area (Å²) in [6.45, 7) is 3.19. The van der Waals surface area contributed by atoms with E-state index in [9.17, 15) is 4.79 Å². The monoisotopic (exact) mass is 324 g/mol. The Hall–Kier alpha value is -2.33. The van der Waals surface area contributed by atoms with E-state index in [1.54, 1.807) is 0 Å². The molecule has 3 rings (SSSR count). The quantitative estimate of drug-likeness (QED) is 0.918. The van der Waals surface area contributed by atoms with E-state index in [1.165, 1.54) is 0 Å². The molecule has 126 valence electrons. The van der Waals surface area contributed by atoms with E-state index in [0.29, 0.717) is 5.92 Å². The van der Waals surface area contributed by atoms with Crippen molar-refractivity contribution in [1.82, 2.24) is 4.90 Å². The summed E-state index contributed by atoms with van der Waals surface area (Å²) >= 11 is 0. The van der Waals surface area contributed by atoms with Gasteiger partial charge >= 0.3 is 0 Å². The predicted molar refractivity (Wildman–Crippen MR) is 96.4 cm³/mol. The van der Waals surface area contributed by atoms with Crippen LogP contribution in [0.4, 0.5) is 5.69 Å². The number of benzene rings is 2. The minimum atomic E-state index is -0.0472. The third-order valence-corrected chi connectivity index (χ3v) is 4.54. The van der Waals surface area contributed by atoms with Gasteiger partial charge in [0.05, 0.1) is 6.04 Å². The maximum absolute atomic E-state index is 12.5. The number of ether oxygens (including phenoxy) is 1. The molecule has 2 aromatic carbocycles. The number of carbonyl (C=O) groups is 1. The van der Waals surface area contributed by atoms with Gasteiger partial charge in [-0.3, -0.25) is 9.69 Å². The number of nitrogens with zero attached hydrogens (tertiary/aromatic N) is 1. The van der Waals surface area contributed by atoms with Crippen molar-refractivity contribution in [2.45, 2.75) is 25.8 Å². The van der Waals surface area contributed by atoms with Crippen LogP contribution in [0.2, 0.25) is 0 Å². The lowest BCUT2D eigenvalue weighted by molar-refractivity contribution is -0.122. The molecule has 1 amide bonds. The van der Waals surface area contributed by atoms with Gasteiger partial charge in [0.2, 0.25) is 5.91 Å². The first-order valence-electron chi connectivity index (χ1n) is 8.46. The van der Waals surface area contributed by atoms with Crippen LogP contribution in [0.3, 0.4) is 0 Å². The Morgan fingerprint density at radius 2 is 1.75 bits per heavy atom. The fourth-order valence-corrected chi connectivity index (χ4v) is 3.02. The van der Waals surface area contributed by atoms with E-state index in [0.717, 1.165) is 36.6 Å².